The normalized spacial score (nSPS) is 11.8. The molecule has 0 fully saturated rings. The van der Waals surface area contributed by atoms with Gasteiger partial charge in [0.25, 0.3) is 0 Å². The number of aliphatic hydroxyl groups is 1. The van der Waals surface area contributed by atoms with E-state index in [-0.39, 0.29) is 0 Å². The molecule has 0 spiro atoms. The lowest BCUT2D eigenvalue weighted by Gasteiger charge is -1.85. The Hall–Kier alpha value is -1.78. The third-order valence-corrected chi connectivity index (χ3v) is 0.712. The van der Waals surface area contributed by atoms with Crippen molar-refractivity contribution in [3.63, 3.8) is 0 Å². The Bertz CT molecular complexity index is 225. The first-order chi connectivity index (χ1) is 5.04. The molecule has 0 unspecified atom stereocenters. The van der Waals surface area contributed by atoms with Crippen molar-refractivity contribution >= 4 is 11.9 Å². The Balaban J connectivity index is 4.13. The van der Waals surface area contributed by atoms with Gasteiger partial charge in [-0.25, -0.2) is 9.59 Å². The number of aliphatic hydroxyl groups excluding tert-OH is 1. The first-order valence-corrected chi connectivity index (χ1v) is 2.57. The zero-order valence-electron chi connectivity index (χ0n) is 5.39. The van der Waals surface area contributed by atoms with Crippen molar-refractivity contribution < 1.29 is 24.9 Å². The highest BCUT2D eigenvalue weighted by molar-refractivity contribution is 5.85. The van der Waals surface area contributed by atoms with Crippen LogP contribution in [0.3, 0.4) is 0 Å². The summed E-state index contributed by atoms with van der Waals surface area (Å²) in [5.41, 5.74) is 0. The molecule has 5 nitrogen and oxygen atoms in total. The highest BCUT2D eigenvalue weighted by atomic mass is 16.4. The van der Waals surface area contributed by atoms with Crippen molar-refractivity contribution in [2.24, 2.45) is 0 Å². The Morgan fingerprint density at radius 1 is 1.09 bits per heavy atom. The quantitative estimate of drug-likeness (QED) is 0.309. The van der Waals surface area contributed by atoms with E-state index < -0.39 is 17.7 Å². The van der Waals surface area contributed by atoms with Crippen molar-refractivity contribution in [1.82, 2.24) is 0 Å². The van der Waals surface area contributed by atoms with E-state index in [0.717, 1.165) is 12.2 Å². The standard InChI is InChI=1S/C6H6O5/c7-4(6(10)11)2-1-3-5(8)9/h1-3,7H,(H,8,9)(H,10,11)/b3-1-,4-2-. The minimum Gasteiger partial charge on any atom is -0.502 e. The third kappa shape index (κ3) is 4.71. The number of allylic oxidation sites excluding steroid dienone is 2. The average molecular weight is 158 g/mol. The third-order valence-electron chi connectivity index (χ3n) is 0.712. The molecule has 0 bridgehead atoms. The van der Waals surface area contributed by atoms with Crippen molar-refractivity contribution in [2.45, 2.75) is 0 Å². The molecule has 0 amide bonds. The summed E-state index contributed by atoms with van der Waals surface area (Å²) in [5, 5.41) is 24.5. The first kappa shape index (κ1) is 9.22. The molecule has 0 aliphatic carbocycles. The minimum absolute atomic E-state index is 0.708. The van der Waals surface area contributed by atoms with Crippen molar-refractivity contribution in [2.75, 3.05) is 0 Å². The fourth-order valence-corrected chi connectivity index (χ4v) is 0.293. The predicted molar refractivity (Wildman–Crippen MR) is 35.1 cm³/mol. The molecular weight excluding hydrogens is 152 g/mol. The molecule has 0 rings (SSSR count). The van der Waals surface area contributed by atoms with E-state index >= 15 is 0 Å². The summed E-state index contributed by atoms with van der Waals surface area (Å²) in [6.45, 7) is 0. The van der Waals surface area contributed by atoms with E-state index in [1.54, 1.807) is 0 Å². The van der Waals surface area contributed by atoms with Crippen LogP contribution in [-0.2, 0) is 9.59 Å². The fourth-order valence-electron chi connectivity index (χ4n) is 0.293. The molecule has 0 heterocycles. The van der Waals surface area contributed by atoms with Gasteiger partial charge in [0.1, 0.15) is 0 Å². The monoisotopic (exact) mass is 158 g/mol. The lowest BCUT2D eigenvalue weighted by atomic mass is 10.4. The molecule has 0 aromatic heterocycles. The van der Waals surface area contributed by atoms with Crippen LogP contribution in [0.5, 0.6) is 0 Å². The zero-order valence-corrected chi connectivity index (χ0v) is 5.39. The first-order valence-electron chi connectivity index (χ1n) is 2.57. The van der Waals surface area contributed by atoms with Crippen LogP contribution in [-0.4, -0.2) is 27.3 Å². The molecule has 0 aliphatic heterocycles. The fraction of sp³-hybridized carbons (Fsp3) is 0. The zero-order chi connectivity index (χ0) is 8.85. The Morgan fingerprint density at radius 2 is 1.64 bits per heavy atom. The van der Waals surface area contributed by atoms with Crippen molar-refractivity contribution in [1.29, 1.82) is 0 Å². The minimum atomic E-state index is -1.50. The molecule has 0 aromatic carbocycles. The molecule has 11 heavy (non-hydrogen) atoms. The van der Waals surface area contributed by atoms with E-state index in [0.29, 0.717) is 6.08 Å². The summed E-state index contributed by atoms with van der Waals surface area (Å²) < 4.78 is 0. The summed E-state index contributed by atoms with van der Waals surface area (Å²) in [4.78, 5) is 19.7. The van der Waals surface area contributed by atoms with Gasteiger partial charge in [-0.05, 0) is 6.08 Å². The van der Waals surface area contributed by atoms with Gasteiger partial charge in [-0.15, -0.1) is 0 Å². The van der Waals surface area contributed by atoms with Gasteiger partial charge in [0, 0.05) is 6.08 Å². The van der Waals surface area contributed by atoms with E-state index in [9.17, 15) is 9.59 Å². The largest absolute Gasteiger partial charge is 0.502 e. The van der Waals surface area contributed by atoms with Crippen LogP contribution in [0.15, 0.2) is 24.0 Å². The van der Waals surface area contributed by atoms with E-state index in [4.69, 9.17) is 15.3 Å². The van der Waals surface area contributed by atoms with Gasteiger partial charge in [-0.2, -0.15) is 0 Å². The lowest BCUT2D eigenvalue weighted by molar-refractivity contribution is -0.135. The van der Waals surface area contributed by atoms with Gasteiger partial charge in [-0.3, -0.25) is 0 Å². The summed E-state index contributed by atoms with van der Waals surface area (Å²) in [6.07, 6.45) is 2.40. The van der Waals surface area contributed by atoms with Gasteiger partial charge in [0.05, 0.1) is 0 Å². The SMILES string of the molecule is O=C(O)/C=C\C=C(/O)C(=O)O. The van der Waals surface area contributed by atoms with Gasteiger partial charge >= 0.3 is 11.9 Å². The van der Waals surface area contributed by atoms with Crippen LogP contribution in [0, 0.1) is 0 Å². The summed E-state index contributed by atoms with van der Waals surface area (Å²) in [7, 11) is 0. The van der Waals surface area contributed by atoms with Gasteiger partial charge < -0.3 is 15.3 Å². The Morgan fingerprint density at radius 3 is 2.00 bits per heavy atom. The Kier molecular flexibility index (Phi) is 3.44. The van der Waals surface area contributed by atoms with Crippen LogP contribution < -0.4 is 0 Å². The maximum absolute atomic E-state index is 9.88. The molecule has 0 saturated carbocycles. The highest BCUT2D eigenvalue weighted by Crippen LogP contribution is 1.88. The van der Waals surface area contributed by atoms with Crippen LogP contribution in [0.4, 0.5) is 0 Å². The van der Waals surface area contributed by atoms with Gasteiger partial charge in [0.15, 0.2) is 0 Å². The molecule has 0 aromatic rings. The maximum atomic E-state index is 9.88. The molecule has 5 heteroatoms. The highest BCUT2D eigenvalue weighted by Gasteiger charge is 1.99. The molecular formula is C6H6O5. The van der Waals surface area contributed by atoms with Gasteiger partial charge in [-0.1, -0.05) is 6.08 Å². The summed E-state index contributed by atoms with van der Waals surface area (Å²) in [5.74, 6) is -3.61. The van der Waals surface area contributed by atoms with Crippen LogP contribution in [0.1, 0.15) is 0 Å². The maximum Gasteiger partial charge on any atom is 0.370 e. The molecule has 0 atom stereocenters. The van der Waals surface area contributed by atoms with E-state index in [2.05, 4.69) is 0 Å². The van der Waals surface area contributed by atoms with Crippen molar-refractivity contribution in [3.8, 4) is 0 Å². The lowest BCUT2D eigenvalue weighted by Crippen LogP contribution is -1.97. The summed E-state index contributed by atoms with van der Waals surface area (Å²) in [6, 6.07) is 0. The summed E-state index contributed by atoms with van der Waals surface area (Å²) >= 11 is 0. The number of hydrogen-bond donors (Lipinski definition) is 3. The van der Waals surface area contributed by atoms with Gasteiger partial charge in [0.2, 0.25) is 5.76 Å². The van der Waals surface area contributed by atoms with E-state index in [1.807, 2.05) is 0 Å². The van der Waals surface area contributed by atoms with Crippen LogP contribution >= 0.6 is 0 Å². The average Bonchev–Trinajstić information content (AvgIpc) is 1.86. The molecule has 0 aliphatic rings. The van der Waals surface area contributed by atoms with E-state index in [1.165, 1.54) is 0 Å². The number of carboxylic acids is 2. The second kappa shape index (κ2) is 4.10. The number of rotatable bonds is 3. The van der Waals surface area contributed by atoms with Crippen molar-refractivity contribution in [3.05, 3.63) is 24.0 Å². The van der Waals surface area contributed by atoms with Crippen LogP contribution in [0.25, 0.3) is 0 Å². The molecule has 0 radical (unpaired) electrons. The number of carbonyl (C=O) groups is 2. The van der Waals surface area contributed by atoms with Crippen LogP contribution in [0.2, 0.25) is 0 Å². The number of carboxylic acid groups (broad SMARTS) is 2. The molecule has 3 N–H and O–H groups in total. The second-order valence-corrected chi connectivity index (χ2v) is 1.55. The Labute approximate surface area is 61.9 Å². The number of hydrogen-bond acceptors (Lipinski definition) is 3. The number of aliphatic carboxylic acids is 2. The smallest absolute Gasteiger partial charge is 0.370 e. The molecule has 0 saturated heterocycles. The second-order valence-electron chi connectivity index (χ2n) is 1.55. The predicted octanol–water partition coefficient (Wildman–Crippen LogP) is 0.154. The molecule has 60 valence electrons. The topological polar surface area (TPSA) is 94.8 Å².